The van der Waals surface area contributed by atoms with Crippen LogP contribution in [0.2, 0.25) is 5.02 Å². The predicted molar refractivity (Wildman–Crippen MR) is 120 cm³/mol. The molecule has 1 fully saturated rings. The summed E-state index contributed by atoms with van der Waals surface area (Å²) in [6.45, 7) is 1.80. The molecule has 1 aliphatic heterocycles. The van der Waals surface area contributed by atoms with E-state index in [9.17, 15) is 23.5 Å². The topological polar surface area (TPSA) is 66.8 Å². The zero-order valence-corrected chi connectivity index (χ0v) is 18.4. The van der Waals surface area contributed by atoms with E-state index in [2.05, 4.69) is 0 Å². The molecule has 1 N–H and O–H groups in total. The molecule has 1 amide bonds. The van der Waals surface area contributed by atoms with E-state index in [-0.39, 0.29) is 16.2 Å². The van der Waals surface area contributed by atoms with E-state index in [1.54, 1.807) is 37.3 Å². The Kier molecular flexibility index (Phi) is 5.91. The van der Waals surface area contributed by atoms with Crippen LogP contribution in [0.5, 0.6) is 5.75 Å². The van der Waals surface area contributed by atoms with Crippen molar-refractivity contribution in [1.29, 1.82) is 0 Å². The number of hydrogen-bond donors (Lipinski definition) is 1. The number of benzene rings is 3. The van der Waals surface area contributed by atoms with E-state index in [1.807, 2.05) is 0 Å². The van der Waals surface area contributed by atoms with Gasteiger partial charge in [0.05, 0.1) is 29.4 Å². The van der Waals surface area contributed by atoms with Gasteiger partial charge in [-0.15, -0.1) is 0 Å². The van der Waals surface area contributed by atoms with Crippen LogP contribution in [0.1, 0.15) is 22.7 Å². The Hall–Kier alpha value is -3.71. The molecule has 4 rings (SSSR count). The number of amides is 1. The number of carbonyl (C=O) groups is 2. The highest BCUT2D eigenvalue weighted by molar-refractivity contribution is 6.52. The van der Waals surface area contributed by atoms with Gasteiger partial charge in [0, 0.05) is 11.6 Å². The second kappa shape index (κ2) is 8.67. The molecule has 0 aliphatic carbocycles. The summed E-state index contributed by atoms with van der Waals surface area (Å²) in [5, 5.41) is 11.3. The van der Waals surface area contributed by atoms with Gasteiger partial charge in [-0.05, 0) is 42.8 Å². The zero-order chi connectivity index (χ0) is 23.9. The number of methoxy groups -OCH3 is 1. The van der Waals surface area contributed by atoms with Crippen molar-refractivity contribution in [2.75, 3.05) is 12.0 Å². The average molecular weight is 470 g/mol. The molecular formula is C25H18ClF2NO4. The number of nitrogens with zero attached hydrogens (tertiary/aromatic N) is 1. The monoisotopic (exact) mass is 469 g/mol. The fraction of sp³-hybridized carbons (Fsp3) is 0.120. The largest absolute Gasteiger partial charge is 0.507 e. The van der Waals surface area contributed by atoms with Crippen molar-refractivity contribution in [2.24, 2.45) is 0 Å². The molecule has 3 aromatic rings. The molecule has 1 atom stereocenters. The first-order valence-corrected chi connectivity index (χ1v) is 10.3. The summed E-state index contributed by atoms with van der Waals surface area (Å²) in [6.07, 6.45) is 0. The van der Waals surface area contributed by atoms with Crippen LogP contribution in [0.25, 0.3) is 5.76 Å². The lowest BCUT2D eigenvalue weighted by Gasteiger charge is -2.26. The van der Waals surface area contributed by atoms with E-state index in [1.165, 1.54) is 19.2 Å². The summed E-state index contributed by atoms with van der Waals surface area (Å²) in [5.74, 6) is -4.03. The average Bonchev–Trinajstić information content (AvgIpc) is 3.06. The molecular weight excluding hydrogens is 452 g/mol. The molecule has 1 aliphatic rings. The summed E-state index contributed by atoms with van der Waals surface area (Å²) in [5.41, 5.74) is 0.575. The van der Waals surface area contributed by atoms with E-state index >= 15 is 0 Å². The third-order valence-electron chi connectivity index (χ3n) is 5.40. The van der Waals surface area contributed by atoms with Crippen molar-refractivity contribution >= 4 is 34.7 Å². The highest BCUT2D eigenvalue weighted by Gasteiger charge is 2.48. The van der Waals surface area contributed by atoms with Crippen LogP contribution in [0.15, 0.2) is 66.2 Å². The summed E-state index contributed by atoms with van der Waals surface area (Å²) in [4.78, 5) is 27.1. The zero-order valence-electron chi connectivity index (χ0n) is 17.6. The number of aliphatic hydroxyl groups excluding tert-OH is 1. The summed E-state index contributed by atoms with van der Waals surface area (Å²) < 4.78 is 33.9. The molecule has 3 aromatic carbocycles. The summed E-state index contributed by atoms with van der Waals surface area (Å²) in [6, 6.07) is 12.7. The fourth-order valence-corrected chi connectivity index (χ4v) is 4.07. The number of halogens is 3. The molecule has 0 aromatic heterocycles. The smallest absolute Gasteiger partial charge is 0.300 e. The van der Waals surface area contributed by atoms with Crippen LogP contribution >= 0.6 is 11.6 Å². The van der Waals surface area contributed by atoms with Crippen LogP contribution in [-0.4, -0.2) is 23.9 Å². The molecule has 0 bridgehead atoms. The van der Waals surface area contributed by atoms with E-state index in [0.29, 0.717) is 11.3 Å². The van der Waals surface area contributed by atoms with Gasteiger partial charge in [0.1, 0.15) is 23.1 Å². The molecule has 1 saturated heterocycles. The lowest BCUT2D eigenvalue weighted by Crippen LogP contribution is -2.30. The SMILES string of the molecule is COc1ccc(Cl)c(/C(O)=C2\C(=O)C(=O)N(c3cc(F)ccc3F)C2c2cccc(C)c2)c1. The number of aryl methyl sites for hydroxylation is 1. The number of rotatable bonds is 4. The maximum Gasteiger partial charge on any atom is 0.300 e. The Balaban J connectivity index is 2.02. The van der Waals surface area contributed by atoms with Crippen molar-refractivity contribution in [3.05, 3.63) is 99.6 Å². The highest BCUT2D eigenvalue weighted by Crippen LogP contribution is 2.44. The quantitative estimate of drug-likeness (QED) is 0.308. The Bertz CT molecular complexity index is 1320. The minimum Gasteiger partial charge on any atom is -0.507 e. The number of carbonyl (C=O) groups excluding carboxylic acids is 2. The van der Waals surface area contributed by atoms with Crippen molar-refractivity contribution in [3.8, 4) is 5.75 Å². The Morgan fingerprint density at radius 2 is 1.82 bits per heavy atom. The maximum absolute atomic E-state index is 14.7. The van der Waals surface area contributed by atoms with Crippen molar-refractivity contribution < 1.29 is 28.2 Å². The lowest BCUT2D eigenvalue weighted by atomic mass is 9.94. The lowest BCUT2D eigenvalue weighted by molar-refractivity contribution is -0.132. The highest BCUT2D eigenvalue weighted by atomic mass is 35.5. The van der Waals surface area contributed by atoms with Crippen molar-refractivity contribution in [2.45, 2.75) is 13.0 Å². The summed E-state index contributed by atoms with van der Waals surface area (Å²) in [7, 11) is 1.42. The molecule has 5 nitrogen and oxygen atoms in total. The van der Waals surface area contributed by atoms with Crippen LogP contribution < -0.4 is 9.64 Å². The van der Waals surface area contributed by atoms with E-state index in [0.717, 1.165) is 28.7 Å². The minimum atomic E-state index is -1.22. The molecule has 0 radical (unpaired) electrons. The molecule has 0 spiro atoms. The summed E-state index contributed by atoms with van der Waals surface area (Å²) >= 11 is 6.26. The first-order valence-electron chi connectivity index (χ1n) is 9.89. The van der Waals surface area contributed by atoms with Gasteiger partial charge in [0.2, 0.25) is 0 Å². The molecule has 1 unspecified atom stereocenters. The molecule has 1 heterocycles. The van der Waals surface area contributed by atoms with Crippen molar-refractivity contribution in [3.63, 3.8) is 0 Å². The van der Waals surface area contributed by atoms with E-state index in [4.69, 9.17) is 16.3 Å². The third kappa shape index (κ3) is 3.96. The third-order valence-corrected chi connectivity index (χ3v) is 5.73. The Labute approximate surface area is 193 Å². The normalized spacial score (nSPS) is 17.5. The number of aliphatic hydroxyl groups is 1. The number of Topliss-reactive ketones (excluding diaryl/α,β-unsaturated/α-hetero) is 1. The van der Waals surface area contributed by atoms with Crippen LogP contribution in [0, 0.1) is 18.6 Å². The maximum atomic E-state index is 14.7. The predicted octanol–water partition coefficient (Wildman–Crippen LogP) is 5.56. The van der Waals surface area contributed by atoms with E-state index < -0.39 is 40.8 Å². The van der Waals surface area contributed by atoms with Gasteiger partial charge in [-0.2, -0.15) is 0 Å². The van der Waals surface area contributed by atoms with Crippen LogP contribution in [0.3, 0.4) is 0 Å². The molecule has 0 saturated carbocycles. The first-order chi connectivity index (χ1) is 15.7. The second-order valence-corrected chi connectivity index (χ2v) is 7.93. The van der Waals surface area contributed by atoms with Crippen LogP contribution in [-0.2, 0) is 9.59 Å². The standard InChI is InChI=1S/C25H18ClF2NO4/c1-13-4-3-5-14(10-13)22-21(23(30)17-12-16(33-2)7-8-18(17)26)24(31)25(32)29(22)20-11-15(27)6-9-19(20)28/h3-12,22,30H,1-2H3/b23-21+. The minimum absolute atomic E-state index is 0.0615. The van der Waals surface area contributed by atoms with Gasteiger partial charge in [-0.25, -0.2) is 8.78 Å². The number of ketones is 1. The second-order valence-electron chi connectivity index (χ2n) is 7.52. The molecule has 33 heavy (non-hydrogen) atoms. The van der Waals surface area contributed by atoms with Gasteiger partial charge in [-0.1, -0.05) is 41.4 Å². The van der Waals surface area contributed by atoms with Gasteiger partial charge in [-0.3, -0.25) is 14.5 Å². The first kappa shape index (κ1) is 22.5. The Morgan fingerprint density at radius 3 is 2.52 bits per heavy atom. The van der Waals surface area contributed by atoms with Crippen LogP contribution in [0.4, 0.5) is 14.5 Å². The van der Waals surface area contributed by atoms with Gasteiger partial charge in [0.15, 0.2) is 0 Å². The number of anilines is 1. The fourth-order valence-electron chi connectivity index (χ4n) is 3.86. The Morgan fingerprint density at radius 1 is 1.06 bits per heavy atom. The molecule has 8 heteroatoms. The van der Waals surface area contributed by atoms with Gasteiger partial charge in [0.25, 0.3) is 11.7 Å². The number of ether oxygens (including phenoxy) is 1. The van der Waals surface area contributed by atoms with Crippen molar-refractivity contribution in [1.82, 2.24) is 0 Å². The van der Waals surface area contributed by atoms with Gasteiger partial charge < -0.3 is 9.84 Å². The number of hydrogen-bond acceptors (Lipinski definition) is 4. The molecule has 168 valence electrons. The van der Waals surface area contributed by atoms with Gasteiger partial charge >= 0.3 is 0 Å².